The fourth-order valence-corrected chi connectivity index (χ4v) is 3.53. The number of nitrogens with one attached hydrogen (secondary N) is 2. The Hall–Kier alpha value is -2.67. The van der Waals surface area contributed by atoms with Crippen LogP contribution < -0.4 is 15.6 Å². The van der Waals surface area contributed by atoms with Crippen LogP contribution in [0.4, 0.5) is 0 Å². The molecule has 1 aromatic carbocycles. The SMILES string of the molecule is CCc1ccccc1OCC(=O)NNC(=O)CCC(=O)c1cc(C)sc1C. The summed E-state index contributed by atoms with van der Waals surface area (Å²) in [6.07, 6.45) is 0.901. The van der Waals surface area contributed by atoms with Gasteiger partial charge in [0.25, 0.3) is 5.91 Å². The summed E-state index contributed by atoms with van der Waals surface area (Å²) >= 11 is 1.56. The number of rotatable bonds is 8. The number of Topliss-reactive ketones (excluding diaryl/α,β-unsaturated/α-hetero) is 1. The molecule has 2 rings (SSSR count). The molecule has 144 valence electrons. The monoisotopic (exact) mass is 388 g/mol. The summed E-state index contributed by atoms with van der Waals surface area (Å²) < 4.78 is 5.48. The first-order chi connectivity index (χ1) is 12.9. The van der Waals surface area contributed by atoms with E-state index in [0.717, 1.165) is 21.7 Å². The number of benzene rings is 1. The van der Waals surface area contributed by atoms with E-state index in [1.165, 1.54) is 0 Å². The lowest BCUT2D eigenvalue weighted by atomic mass is 10.1. The van der Waals surface area contributed by atoms with Crippen molar-refractivity contribution in [2.75, 3.05) is 6.61 Å². The number of hydrogen-bond donors (Lipinski definition) is 2. The number of carbonyl (C=O) groups is 3. The van der Waals surface area contributed by atoms with Crippen molar-refractivity contribution in [3.8, 4) is 5.75 Å². The largest absolute Gasteiger partial charge is 0.483 e. The van der Waals surface area contributed by atoms with Crippen molar-refractivity contribution in [1.29, 1.82) is 0 Å². The summed E-state index contributed by atoms with van der Waals surface area (Å²) in [6.45, 7) is 5.63. The zero-order valence-electron chi connectivity index (χ0n) is 15.8. The van der Waals surface area contributed by atoms with Gasteiger partial charge < -0.3 is 4.74 Å². The molecular formula is C20H24N2O4S. The van der Waals surface area contributed by atoms with Crippen molar-refractivity contribution in [2.45, 2.75) is 40.0 Å². The van der Waals surface area contributed by atoms with Crippen LogP contribution in [-0.4, -0.2) is 24.2 Å². The van der Waals surface area contributed by atoms with Crippen molar-refractivity contribution in [1.82, 2.24) is 10.9 Å². The fraction of sp³-hybridized carbons (Fsp3) is 0.350. The Kier molecular flexibility index (Phi) is 7.55. The summed E-state index contributed by atoms with van der Waals surface area (Å²) in [6, 6.07) is 9.31. The molecule has 0 spiro atoms. The number of hydrazine groups is 1. The van der Waals surface area contributed by atoms with Crippen molar-refractivity contribution >= 4 is 28.9 Å². The van der Waals surface area contributed by atoms with Crippen LogP contribution in [0.1, 0.15) is 45.4 Å². The molecule has 0 radical (unpaired) electrons. The smallest absolute Gasteiger partial charge is 0.276 e. The van der Waals surface area contributed by atoms with Crippen molar-refractivity contribution < 1.29 is 19.1 Å². The van der Waals surface area contributed by atoms with Gasteiger partial charge in [-0.05, 0) is 38.0 Å². The average Bonchev–Trinajstić information content (AvgIpc) is 3.01. The summed E-state index contributed by atoms with van der Waals surface area (Å²) in [5.74, 6) is -0.313. The zero-order valence-corrected chi connectivity index (χ0v) is 16.6. The van der Waals surface area contributed by atoms with Gasteiger partial charge in [0.05, 0.1) is 0 Å². The molecule has 0 aliphatic rings. The second kappa shape index (κ2) is 9.87. The Labute approximate surface area is 162 Å². The highest BCUT2D eigenvalue weighted by molar-refractivity contribution is 7.12. The second-order valence-electron chi connectivity index (χ2n) is 6.10. The Balaban J connectivity index is 1.71. The van der Waals surface area contributed by atoms with Gasteiger partial charge in [-0.25, -0.2) is 0 Å². The van der Waals surface area contributed by atoms with Gasteiger partial charge in [0.1, 0.15) is 5.75 Å². The zero-order chi connectivity index (χ0) is 19.8. The molecule has 1 aromatic heterocycles. The number of ketones is 1. The second-order valence-corrected chi connectivity index (χ2v) is 7.56. The first kappa shape index (κ1) is 20.6. The van der Waals surface area contributed by atoms with Gasteiger partial charge in [-0.3, -0.25) is 25.2 Å². The molecule has 0 fully saturated rings. The summed E-state index contributed by atoms with van der Waals surface area (Å²) in [7, 11) is 0. The standard InChI is InChI=1S/C20H24N2O4S/c1-4-15-7-5-6-8-18(15)26-12-20(25)22-21-19(24)10-9-17(23)16-11-13(2)27-14(16)3/h5-8,11H,4,9-10,12H2,1-3H3,(H,21,24)(H,22,25). The van der Waals surface area contributed by atoms with Crippen molar-refractivity contribution in [3.05, 3.63) is 51.2 Å². The third-order valence-electron chi connectivity index (χ3n) is 3.97. The van der Waals surface area contributed by atoms with Gasteiger partial charge >= 0.3 is 0 Å². The van der Waals surface area contributed by atoms with Gasteiger partial charge in [-0.15, -0.1) is 11.3 Å². The number of hydrogen-bond acceptors (Lipinski definition) is 5. The van der Waals surface area contributed by atoms with Crippen LogP contribution in [0.25, 0.3) is 0 Å². The number of thiophene rings is 1. The van der Waals surface area contributed by atoms with Gasteiger partial charge in [0.2, 0.25) is 5.91 Å². The maximum Gasteiger partial charge on any atom is 0.276 e. The molecule has 0 saturated carbocycles. The van der Waals surface area contributed by atoms with Crippen LogP contribution in [0.15, 0.2) is 30.3 Å². The summed E-state index contributed by atoms with van der Waals surface area (Å²) in [4.78, 5) is 37.8. The molecule has 0 aliphatic carbocycles. The van der Waals surface area contributed by atoms with E-state index in [9.17, 15) is 14.4 Å². The van der Waals surface area contributed by atoms with Crippen LogP contribution in [0.2, 0.25) is 0 Å². The van der Waals surface area contributed by atoms with Crippen LogP contribution >= 0.6 is 11.3 Å². The van der Waals surface area contributed by atoms with Crippen LogP contribution in [-0.2, 0) is 16.0 Å². The minimum absolute atomic E-state index is 0.00692. The Bertz CT molecular complexity index is 829. The minimum atomic E-state index is -0.468. The van der Waals surface area contributed by atoms with E-state index in [-0.39, 0.29) is 25.2 Å². The van der Waals surface area contributed by atoms with E-state index in [2.05, 4.69) is 10.9 Å². The van der Waals surface area contributed by atoms with Gasteiger partial charge in [0.15, 0.2) is 12.4 Å². The minimum Gasteiger partial charge on any atom is -0.483 e. The van der Waals surface area contributed by atoms with E-state index >= 15 is 0 Å². The number of para-hydroxylation sites is 1. The molecule has 0 unspecified atom stereocenters. The van der Waals surface area contributed by atoms with Crippen molar-refractivity contribution in [2.24, 2.45) is 0 Å². The third-order valence-corrected chi connectivity index (χ3v) is 4.94. The van der Waals surface area contributed by atoms with Crippen LogP contribution in [0.3, 0.4) is 0 Å². The lowest BCUT2D eigenvalue weighted by Crippen LogP contribution is -2.43. The highest BCUT2D eigenvalue weighted by atomic mass is 32.1. The predicted octanol–water partition coefficient (Wildman–Crippen LogP) is 3.12. The van der Waals surface area contributed by atoms with Gasteiger partial charge in [-0.2, -0.15) is 0 Å². The first-order valence-electron chi connectivity index (χ1n) is 8.79. The third kappa shape index (κ3) is 6.21. The highest BCUT2D eigenvalue weighted by Gasteiger charge is 2.14. The molecule has 7 heteroatoms. The van der Waals surface area contributed by atoms with E-state index in [4.69, 9.17) is 4.74 Å². The molecule has 0 atom stereocenters. The predicted molar refractivity (Wildman–Crippen MR) is 105 cm³/mol. The molecule has 6 nitrogen and oxygen atoms in total. The lowest BCUT2D eigenvalue weighted by Gasteiger charge is -2.11. The number of aryl methyl sites for hydroxylation is 3. The molecule has 2 N–H and O–H groups in total. The van der Waals surface area contributed by atoms with E-state index in [0.29, 0.717) is 11.3 Å². The summed E-state index contributed by atoms with van der Waals surface area (Å²) in [5, 5.41) is 0. The number of ether oxygens (including phenoxy) is 1. The van der Waals surface area contributed by atoms with Crippen molar-refractivity contribution in [3.63, 3.8) is 0 Å². The fourth-order valence-electron chi connectivity index (χ4n) is 2.59. The highest BCUT2D eigenvalue weighted by Crippen LogP contribution is 2.22. The van der Waals surface area contributed by atoms with Crippen LogP contribution in [0.5, 0.6) is 5.75 Å². The number of carbonyl (C=O) groups excluding carboxylic acids is 3. The molecule has 2 amide bonds. The number of amides is 2. The molecule has 0 saturated heterocycles. The van der Waals surface area contributed by atoms with Gasteiger partial charge in [0, 0.05) is 28.2 Å². The molecule has 0 aliphatic heterocycles. The maximum absolute atomic E-state index is 12.2. The Morgan fingerprint density at radius 3 is 2.41 bits per heavy atom. The Morgan fingerprint density at radius 1 is 1.04 bits per heavy atom. The normalized spacial score (nSPS) is 10.3. The van der Waals surface area contributed by atoms with E-state index in [1.54, 1.807) is 17.4 Å². The van der Waals surface area contributed by atoms with E-state index in [1.807, 2.05) is 45.0 Å². The first-order valence-corrected chi connectivity index (χ1v) is 9.61. The topological polar surface area (TPSA) is 84.5 Å². The lowest BCUT2D eigenvalue weighted by molar-refractivity contribution is -0.130. The molecule has 1 heterocycles. The molecular weight excluding hydrogens is 364 g/mol. The molecule has 0 bridgehead atoms. The molecule has 27 heavy (non-hydrogen) atoms. The molecule has 2 aromatic rings. The quantitative estimate of drug-likeness (QED) is 0.538. The van der Waals surface area contributed by atoms with Gasteiger partial charge in [-0.1, -0.05) is 25.1 Å². The summed E-state index contributed by atoms with van der Waals surface area (Å²) in [5.41, 5.74) is 6.27. The maximum atomic E-state index is 12.2. The Morgan fingerprint density at radius 2 is 1.74 bits per heavy atom. The van der Waals surface area contributed by atoms with E-state index < -0.39 is 11.8 Å². The average molecular weight is 388 g/mol. The van der Waals surface area contributed by atoms with Crippen LogP contribution in [0, 0.1) is 13.8 Å².